The number of hydrogen-bond acceptors (Lipinski definition) is 7. The first-order valence-electron chi connectivity index (χ1n) is 16.3. The molecule has 48 heavy (non-hydrogen) atoms. The minimum atomic E-state index is -0.967. The highest BCUT2D eigenvalue weighted by molar-refractivity contribution is 6.22. The Labute approximate surface area is 280 Å². The highest BCUT2D eigenvalue weighted by Gasteiger charge is 2.55. The third-order valence-electron chi connectivity index (χ3n) is 9.18. The number of aliphatic hydroxyl groups excluding tert-OH is 2. The van der Waals surface area contributed by atoms with E-state index in [1.165, 1.54) is 4.90 Å². The SMILES string of the molecule is C/C(=C\c1cccc(O)c1)CC[C@@H](O)C1=C(COc2ccccc2)C[C@H]2C(=O)N(c3ccc(Nc4ccccc4)cc3)C(=O)[C@H]2[C@H]1CO. The van der Waals surface area contributed by atoms with E-state index in [-0.39, 0.29) is 30.6 Å². The first-order valence-corrected chi connectivity index (χ1v) is 16.3. The number of aliphatic hydroxyl groups is 2. The molecule has 6 rings (SSSR count). The van der Waals surface area contributed by atoms with Crippen LogP contribution in [0.2, 0.25) is 0 Å². The van der Waals surface area contributed by atoms with Crippen LogP contribution in [-0.2, 0) is 9.59 Å². The van der Waals surface area contributed by atoms with Gasteiger partial charge in [-0.1, -0.05) is 60.2 Å². The minimum absolute atomic E-state index is 0.121. The lowest BCUT2D eigenvalue weighted by Crippen LogP contribution is -2.40. The van der Waals surface area contributed by atoms with Crippen molar-refractivity contribution in [3.8, 4) is 11.5 Å². The van der Waals surface area contributed by atoms with E-state index in [1.54, 1.807) is 30.3 Å². The fraction of sp³-hybridized carbons (Fsp3) is 0.250. The van der Waals surface area contributed by atoms with E-state index in [0.29, 0.717) is 29.9 Å². The molecule has 1 fully saturated rings. The molecule has 4 N–H and O–H groups in total. The van der Waals surface area contributed by atoms with Crippen LogP contribution < -0.4 is 15.0 Å². The second-order valence-corrected chi connectivity index (χ2v) is 12.5. The van der Waals surface area contributed by atoms with E-state index >= 15 is 0 Å². The number of carbonyl (C=O) groups is 2. The quantitative estimate of drug-likeness (QED) is 0.0982. The topological polar surface area (TPSA) is 119 Å². The summed E-state index contributed by atoms with van der Waals surface area (Å²) in [7, 11) is 0. The van der Waals surface area contributed by atoms with Gasteiger partial charge in [0.2, 0.25) is 11.8 Å². The lowest BCUT2D eigenvalue weighted by atomic mass is 9.68. The van der Waals surface area contributed by atoms with Crippen LogP contribution in [-0.4, -0.2) is 46.5 Å². The van der Waals surface area contributed by atoms with Gasteiger partial charge in [0.05, 0.1) is 30.2 Å². The summed E-state index contributed by atoms with van der Waals surface area (Å²) in [4.78, 5) is 29.2. The Hall–Kier alpha value is -5.18. The Balaban J connectivity index is 1.25. The second-order valence-electron chi connectivity index (χ2n) is 12.5. The Bertz CT molecular complexity index is 1800. The largest absolute Gasteiger partial charge is 0.508 e. The zero-order chi connectivity index (χ0) is 33.6. The predicted octanol–water partition coefficient (Wildman–Crippen LogP) is 6.87. The van der Waals surface area contributed by atoms with Crippen molar-refractivity contribution in [2.75, 3.05) is 23.4 Å². The molecule has 0 unspecified atom stereocenters. The van der Waals surface area contributed by atoms with Crippen molar-refractivity contribution in [1.29, 1.82) is 0 Å². The van der Waals surface area contributed by atoms with E-state index in [2.05, 4.69) is 5.32 Å². The number of amides is 2. The number of rotatable bonds is 12. The van der Waals surface area contributed by atoms with Gasteiger partial charge in [-0.3, -0.25) is 14.5 Å². The summed E-state index contributed by atoms with van der Waals surface area (Å²) in [6, 6.07) is 33.1. The van der Waals surface area contributed by atoms with E-state index in [9.17, 15) is 24.9 Å². The van der Waals surface area contributed by atoms with Gasteiger partial charge >= 0.3 is 0 Å². The summed E-state index contributed by atoms with van der Waals surface area (Å²) >= 11 is 0. The van der Waals surface area contributed by atoms with Crippen LogP contribution >= 0.6 is 0 Å². The maximum Gasteiger partial charge on any atom is 0.238 e. The highest BCUT2D eigenvalue weighted by atomic mass is 16.5. The molecule has 4 atom stereocenters. The molecule has 8 nitrogen and oxygen atoms in total. The lowest BCUT2D eigenvalue weighted by Gasteiger charge is -2.36. The number of anilines is 3. The van der Waals surface area contributed by atoms with Crippen molar-refractivity contribution in [1.82, 2.24) is 0 Å². The van der Waals surface area contributed by atoms with Crippen molar-refractivity contribution in [2.24, 2.45) is 17.8 Å². The highest BCUT2D eigenvalue weighted by Crippen LogP contribution is 2.47. The molecule has 2 amide bonds. The minimum Gasteiger partial charge on any atom is -0.508 e. The first kappa shape index (κ1) is 32.7. The van der Waals surface area contributed by atoms with Crippen LogP contribution in [0, 0.1) is 17.8 Å². The van der Waals surface area contributed by atoms with Crippen LogP contribution in [0.15, 0.2) is 126 Å². The zero-order valence-corrected chi connectivity index (χ0v) is 26.8. The van der Waals surface area contributed by atoms with E-state index in [1.807, 2.05) is 91.9 Å². The van der Waals surface area contributed by atoms with Crippen molar-refractivity contribution in [3.63, 3.8) is 0 Å². The Morgan fingerprint density at radius 1 is 0.917 bits per heavy atom. The molecule has 4 aromatic rings. The van der Waals surface area contributed by atoms with Crippen molar-refractivity contribution in [3.05, 3.63) is 131 Å². The smallest absolute Gasteiger partial charge is 0.238 e. The summed E-state index contributed by atoms with van der Waals surface area (Å²) in [5.41, 5.74) is 5.35. The average molecular weight is 645 g/mol. The Kier molecular flexibility index (Phi) is 10.0. The van der Waals surface area contributed by atoms with Crippen LogP contribution in [0.25, 0.3) is 6.08 Å². The fourth-order valence-corrected chi connectivity index (χ4v) is 6.91. The summed E-state index contributed by atoms with van der Waals surface area (Å²) < 4.78 is 6.12. The maximum atomic E-state index is 14.1. The molecule has 1 aliphatic carbocycles. The number of hydrogen-bond donors (Lipinski definition) is 4. The van der Waals surface area contributed by atoms with Crippen molar-refractivity contribution in [2.45, 2.75) is 32.3 Å². The molecule has 8 heteroatoms. The summed E-state index contributed by atoms with van der Waals surface area (Å²) in [5, 5.41) is 35.6. The Morgan fingerprint density at radius 2 is 1.60 bits per heavy atom. The normalized spacial score (nSPS) is 20.1. The number of carbonyl (C=O) groups excluding carboxylic acids is 2. The van der Waals surface area contributed by atoms with E-state index < -0.39 is 30.5 Å². The van der Waals surface area contributed by atoms with E-state index in [0.717, 1.165) is 28.1 Å². The number of phenols is 1. The number of aromatic hydroxyl groups is 1. The van der Waals surface area contributed by atoms with Gasteiger partial charge in [-0.15, -0.1) is 0 Å². The summed E-state index contributed by atoms with van der Waals surface area (Å²) in [6.07, 6.45) is 2.12. The Morgan fingerprint density at radius 3 is 2.29 bits per heavy atom. The number of phenolic OH excluding ortho intramolecular Hbond substituents is 1. The van der Waals surface area contributed by atoms with E-state index in [4.69, 9.17) is 4.74 Å². The molecule has 4 aromatic carbocycles. The fourth-order valence-electron chi connectivity index (χ4n) is 6.91. The number of ether oxygens (including phenoxy) is 1. The molecule has 1 aliphatic heterocycles. The third-order valence-corrected chi connectivity index (χ3v) is 9.18. The van der Waals surface area contributed by atoms with Gasteiger partial charge in [0.15, 0.2) is 0 Å². The average Bonchev–Trinajstić information content (AvgIpc) is 3.35. The predicted molar refractivity (Wildman–Crippen MR) is 187 cm³/mol. The van der Waals surface area contributed by atoms with Crippen LogP contribution in [0.3, 0.4) is 0 Å². The van der Waals surface area contributed by atoms with Gasteiger partial charge in [0.25, 0.3) is 0 Å². The first-order chi connectivity index (χ1) is 23.3. The monoisotopic (exact) mass is 644 g/mol. The summed E-state index contributed by atoms with van der Waals surface area (Å²) in [6.45, 7) is 1.69. The third kappa shape index (κ3) is 7.20. The van der Waals surface area contributed by atoms with Gasteiger partial charge in [0, 0.05) is 17.3 Å². The molecule has 1 heterocycles. The van der Waals surface area contributed by atoms with Crippen molar-refractivity contribution < 1.29 is 29.6 Å². The van der Waals surface area contributed by atoms with Gasteiger partial charge in [-0.05, 0) is 104 Å². The van der Waals surface area contributed by atoms with Gasteiger partial charge < -0.3 is 25.4 Å². The van der Waals surface area contributed by atoms with Gasteiger partial charge in [0.1, 0.15) is 18.1 Å². The molecule has 0 radical (unpaired) electrons. The molecular formula is C40H40N2O6. The second kappa shape index (κ2) is 14.7. The molecule has 0 aromatic heterocycles. The molecule has 246 valence electrons. The van der Waals surface area contributed by atoms with Crippen LogP contribution in [0.1, 0.15) is 31.7 Å². The molecule has 1 saturated heterocycles. The molecule has 2 aliphatic rings. The summed E-state index contributed by atoms with van der Waals surface area (Å²) in [5.74, 6) is -2.11. The molecule has 0 spiro atoms. The molecule has 0 saturated carbocycles. The number of nitrogens with zero attached hydrogens (tertiary/aromatic N) is 1. The number of imide groups is 1. The van der Waals surface area contributed by atoms with Crippen LogP contribution in [0.5, 0.6) is 11.5 Å². The standard InChI is InChI=1S/C40H40N2O6/c1-26(21-27-9-8-12-32(44)22-27)15-20-36(45)37-28(25-48-33-13-6-3-7-14-33)23-34-38(35(37)24-43)40(47)42(39(34)46)31-18-16-30(17-19-31)41-29-10-4-2-5-11-29/h2-14,16-19,21-22,34-36,38,41,43-45H,15,20,23-25H2,1H3/b26-21+/t34-,35+,36-,38-/m1/s1. The number of para-hydroxylation sites is 2. The van der Waals surface area contributed by atoms with Gasteiger partial charge in [-0.2, -0.15) is 0 Å². The molecular weight excluding hydrogens is 604 g/mol. The lowest BCUT2D eigenvalue weighted by molar-refractivity contribution is -0.123. The van der Waals surface area contributed by atoms with Gasteiger partial charge in [-0.25, -0.2) is 0 Å². The zero-order valence-electron chi connectivity index (χ0n) is 26.8. The maximum absolute atomic E-state index is 14.1. The number of nitrogens with one attached hydrogen (secondary N) is 1. The van der Waals surface area contributed by atoms with Crippen LogP contribution in [0.4, 0.5) is 17.1 Å². The number of fused-ring (bicyclic) bond motifs is 1. The number of benzene rings is 4. The van der Waals surface area contributed by atoms with Crippen molar-refractivity contribution >= 4 is 35.0 Å². The number of allylic oxidation sites excluding steroid dienone is 1. The molecule has 0 bridgehead atoms.